The van der Waals surface area contributed by atoms with E-state index in [2.05, 4.69) is 10.3 Å². The number of nitrogens with one attached hydrogen (secondary N) is 1. The molecular formula is C14H21N3O3. The van der Waals surface area contributed by atoms with Gasteiger partial charge >= 0.3 is 0 Å². The number of rotatable bonds is 5. The highest BCUT2D eigenvalue weighted by Crippen LogP contribution is 2.20. The topological polar surface area (TPSA) is 76.8 Å². The van der Waals surface area contributed by atoms with Crippen molar-refractivity contribution in [3.8, 4) is 0 Å². The molecule has 110 valence electrons. The first-order chi connectivity index (χ1) is 9.69. The Morgan fingerprint density at radius 3 is 2.45 bits per heavy atom. The SMILES string of the molecule is COC1CN(Cc2ccccc2C(=O)NN)CC1OC. The Labute approximate surface area is 118 Å². The van der Waals surface area contributed by atoms with Gasteiger partial charge in [-0.05, 0) is 11.6 Å². The fourth-order valence-corrected chi connectivity index (χ4v) is 2.60. The molecule has 0 spiro atoms. The zero-order chi connectivity index (χ0) is 14.5. The lowest BCUT2D eigenvalue weighted by Gasteiger charge is -2.17. The van der Waals surface area contributed by atoms with Crippen LogP contribution in [-0.4, -0.2) is 50.3 Å². The highest BCUT2D eigenvalue weighted by atomic mass is 16.5. The number of nitrogen functional groups attached to an aromatic ring is 1. The Balaban J connectivity index is 2.09. The van der Waals surface area contributed by atoms with E-state index in [-0.39, 0.29) is 18.1 Å². The van der Waals surface area contributed by atoms with Crippen molar-refractivity contribution in [3.05, 3.63) is 35.4 Å². The summed E-state index contributed by atoms with van der Waals surface area (Å²) in [4.78, 5) is 14.0. The van der Waals surface area contributed by atoms with Gasteiger partial charge in [-0.25, -0.2) is 5.84 Å². The van der Waals surface area contributed by atoms with Crippen molar-refractivity contribution in [1.82, 2.24) is 10.3 Å². The van der Waals surface area contributed by atoms with Gasteiger partial charge in [-0.3, -0.25) is 15.1 Å². The van der Waals surface area contributed by atoms with Crippen LogP contribution in [-0.2, 0) is 16.0 Å². The Kier molecular flexibility index (Phi) is 5.08. The standard InChI is InChI=1S/C14H21N3O3/c1-19-12-8-17(9-13(12)20-2)7-10-5-3-4-6-11(10)14(18)16-15/h3-6,12-13H,7-9,15H2,1-2H3,(H,16,18). The summed E-state index contributed by atoms with van der Waals surface area (Å²) in [5, 5.41) is 0. The summed E-state index contributed by atoms with van der Waals surface area (Å²) in [6, 6.07) is 7.45. The van der Waals surface area contributed by atoms with Crippen LogP contribution in [0.2, 0.25) is 0 Å². The molecule has 1 saturated heterocycles. The maximum Gasteiger partial charge on any atom is 0.265 e. The molecule has 0 aromatic heterocycles. The Morgan fingerprint density at radius 2 is 1.90 bits per heavy atom. The number of carbonyl (C=O) groups excluding carboxylic acids is 1. The van der Waals surface area contributed by atoms with Gasteiger partial charge in [0.15, 0.2) is 0 Å². The summed E-state index contributed by atoms with van der Waals surface area (Å²) in [7, 11) is 3.38. The number of methoxy groups -OCH3 is 2. The first kappa shape index (κ1) is 14.9. The fraction of sp³-hybridized carbons (Fsp3) is 0.500. The fourth-order valence-electron chi connectivity index (χ4n) is 2.60. The van der Waals surface area contributed by atoms with E-state index in [1.165, 1.54) is 0 Å². The summed E-state index contributed by atoms with van der Waals surface area (Å²) < 4.78 is 10.8. The van der Waals surface area contributed by atoms with E-state index in [9.17, 15) is 4.79 Å². The van der Waals surface area contributed by atoms with E-state index in [1.807, 2.05) is 18.2 Å². The summed E-state index contributed by atoms with van der Waals surface area (Å²) in [6.45, 7) is 2.24. The number of amides is 1. The third kappa shape index (κ3) is 3.16. The molecule has 1 aliphatic rings. The van der Waals surface area contributed by atoms with Crippen molar-refractivity contribution >= 4 is 5.91 Å². The van der Waals surface area contributed by atoms with Crippen LogP contribution in [0.3, 0.4) is 0 Å². The van der Waals surface area contributed by atoms with Gasteiger partial charge in [0.05, 0.1) is 12.2 Å². The molecule has 6 nitrogen and oxygen atoms in total. The molecule has 3 N–H and O–H groups in total. The van der Waals surface area contributed by atoms with Gasteiger partial charge in [-0.1, -0.05) is 18.2 Å². The highest BCUT2D eigenvalue weighted by molar-refractivity contribution is 5.95. The van der Waals surface area contributed by atoms with E-state index >= 15 is 0 Å². The highest BCUT2D eigenvalue weighted by Gasteiger charge is 2.33. The van der Waals surface area contributed by atoms with Crippen LogP contribution < -0.4 is 11.3 Å². The summed E-state index contributed by atoms with van der Waals surface area (Å²) in [6.07, 6.45) is 0.131. The summed E-state index contributed by atoms with van der Waals surface area (Å²) >= 11 is 0. The Hall–Kier alpha value is -1.47. The quantitative estimate of drug-likeness (QED) is 0.455. The maximum absolute atomic E-state index is 11.7. The van der Waals surface area contributed by atoms with E-state index in [0.717, 1.165) is 18.7 Å². The smallest absolute Gasteiger partial charge is 0.265 e. The van der Waals surface area contributed by atoms with E-state index in [0.29, 0.717) is 12.1 Å². The second kappa shape index (κ2) is 6.81. The molecule has 20 heavy (non-hydrogen) atoms. The first-order valence-electron chi connectivity index (χ1n) is 6.56. The van der Waals surface area contributed by atoms with Crippen LogP contribution in [0.15, 0.2) is 24.3 Å². The minimum Gasteiger partial charge on any atom is -0.377 e. The monoisotopic (exact) mass is 279 g/mol. The normalized spacial score (nSPS) is 22.9. The summed E-state index contributed by atoms with van der Waals surface area (Å²) in [5.41, 5.74) is 3.73. The minimum atomic E-state index is -0.272. The van der Waals surface area contributed by atoms with Crippen LogP contribution >= 0.6 is 0 Å². The second-order valence-electron chi connectivity index (χ2n) is 4.87. The zero-order valence-electron chi connectivity index (χ0n) is 11.8. The minimum absolute atomic E-state index is 0.0653. The lowest BCUT2D eigenvalue weighted by atomic mass is 10.1. The molecular weight excluding hydrogens is 258 g/mol. The zero-order valence-corrected chi connectivity index (χ0v) is 11.8. The van der Waals surface area contributed by atoms with Gasteiger partial charge in [0, 0.05) is 39.4 Å². The third-order valence-electron chi connectivity index (χ3n) is 3.68. The number of hydrogen-bond acceptors (Lipinski definition) is 5. The van der Waals surface area contributed by atoms with Gasteiger partial charge in [-0.2, -0.15) is 0 Å². The molecule has 2 rings (SSSR count). The molecule has 1 aliphatic heterocycles. The van der Waals surface area contributed by atoms with Crippen LogP contribution in [0.5, 0.6) is 0 Å². The molecule has 0 saturated carbocycles. The van der Waals surface area contributed by atoms with Crippen molar-refractivity contribution in [2.45, 2.75) is 18.8 Å². The molecule has 1 heterocycles. The van der Waals surface area contributed by atoms with Crippen LogP contribution in [0, 0.1) is 0 Å². The molecule has 1 aromatic rings. The number of ether oxygens (including phenoxy) is 2. The van der Waals surface area contributed by atoms with Crippen LogP contribution in [0.4, 0.5) is 0 Å². The number of nitrogens with two attached hydrogens (primary N) is 1. The predicted octanol–water partition coefficient (Wildman–Crippen LogP) is 0.136. The molecule has 2 unspecified atom stereocenters. The number of carbonyl (C=O) groups is 1. The van der Waals surface area contributed by atoms with Gasteiger partial charge in [0.25, 0.3) is 5.91 Å². The van der Waals surface area contributed by atoms with Gasteiger partial charge in [0.1, 0.15) is 0 Å². The Morgan fingerprint density at radius 1 is 1.30 bits per heavy atom. The van der Waals surface area contributed by atoms with Crippen molar-refractivity contribution < 1.29 is 14.3 Å². The van der Waals surface area contributed by atoms with E-state index in [4.69, 9.17) is 15.3 Å². The first-order valence-corrected chi connectivity index (χ1v) is 6.56. The Bertz CT molecular complexity index is 455. The van der Waals surface area contributed by atoms with Crippen molar-refractivity contribution in [2.75, 3.05) is 27.3 Å². The van der Waals surface area contributed by atoms with Gasteiger partial charge in [-0.15, -0.1) is 0 Å². The average molecular weight is 279 g/mol. The number of hydrogen-bond donors (Lipinski definition) is 2. The van der Waals surface area contributed by atoms with E-state index < -0.39 is 0 Å². The lowest BCUT2D eigenvalue weighted by Crippen LogP contribution is -2.32. The molecule has 6 heteroatoms. The van der Waals surface area contributed by atoms with Crippen molar-refractivity contribution in [1.29, 1.82) is 0 Å². The molecule has 0 bridgehead atoms. The number of nitrogens with zero attached hydrogens (tertiary/aromatic N) is 1. The number of likely N-dealkylation sites (tertiary alicyclic amines) is 1. The van der Waals surface area contributed by atoms with Crippen molar-refractivity contribution in [2.24, 2.45) is 5.84 Å². The lowest BCUT2D eigenvalue weighted by molar-refractivity contribution is -0.00461. The average Bonchev–Trinajstić information content (AvgIpc) is 2.89. The molecule has 0 radical (unpaired) electrons. The molecule has 0 aliphatic carbocycles. The number of hydrazine groups is 1. The predicted molar refractivity (Wildman–Crippen MR) is 75.0 cm³/mol. The van der Waals surface area contributed by atoms with E-state index in [1.54, 1.807) is 20.3 Å². The largest absolute Gasteiger partial charge is 0.377 e. The second-order valence-corrected chi connectivity index (χ2v) is 4.87. The van der Waals surface area contributed by atoms with Crippen molar-refractivity contribution in [3.63, 3.8) is 0 Å². The molecule has 1 amide bonds. The molecule has 1 fully saturated rings. The number of benzene rings is 1. The van der Waals surface area contributed by atoms with Crippen LogP contribution in [0.1, 0.15) is 15.9 Å². The third-order valence-corrected chi connectivity index (χ3v) is 3.68. The molecule has 1 aromatic carbocycles. The van der Waals surface area contributed by atoms with Gasteiger partial charge < -0.3 is 9.47 Å². The maximum atomic E-state index is 11.7. The molecule has 2 atom stereocenters. The van der Waals surface area contributed by atoms with Gasteiger partial charge in [0.2, 0.25) is 0 Å². The van der Waals surface area contributed by atoms with Crippen LogP contribution in [0.25, 0.3) is 0 Å². The summed E-state index contributed by atoms with van der Waals surface area (Å²) in [5.74, 6) is 4.94.